The lowest BCUT2D eigenvalue weighted by molar-refractivity contribution is -0.148. The monoisotopic (exact) mass is 559 g/mol. The van der Waals surface area contributed by atoms with Crippen molar-refractivity contribution >= 4 is 34.7 Å². The highest BCUT2D eigenvalue weighted by Crippen LogP contribution is 2.31. The number of carbonyl (C=O) groups is 2. The number of nitrogens with one attached hydrogen (secondary N) is 1. The molecule has 1 saturated heterocycles. The van der Waals surface area contributed by atoms with E-state index in [9.17, 15) is 18.4 Å². The number of fused-ring (bicyclic) bond motifs is 1. The smallest absolute Gasteiger partial charge is 0.308 e. The number of rotatable bonds is 8. The van der Waals surface area contributed by atoms with Crippen LogP contribution in [0.1, 0.15) is 43.2 Å². The van der Waals surface area contributed by atoms with Crippen LogP contribution in [0.25, 0.3) is 11.1 Å². The van der Waals surface area contributed by atoms with E-state index in [1.807, 2.05) is 0 Å². The quantitative estimate of drug-likeness (QED) is 0.370. The lowest BCUT2D eigenvalue weighted by atomic mass is 9.87. The van der Waals surface area contributed by atoms with E-state index < -0.39 is 29.8 Å². The van der Waals surface area contributed by atoms with Crippen LogP contribution in [0.4, 0.5) is 24.9 Å². The predicted molar refractivity (Wildman–Crippen MR) is 141 cm³/mol. The van der Waals surface area contributed by atoms with Gasteiger partial charge in [0.2, 0.25) is 5.91 Å². The molecule has 1 aliphatic carbocycles. The summed E-state index contributed by atoms with van der Waals surface area (Å²) < 4.78 is 59.8. The number of oxazole rings is 1. The van der Waals surface area contributed by atoms with E-state index in [0.29, 0.717) is 31.4 Å². The fourth-order valence-corrected chi connectivity index (χ4v) is 5.50. The van der Waals surface area contributed by atoms with Gasteiger partial charge in [0.15, 0.2) is 11.4 Å². The fourth-order valence-electron chi connectivity index (χ4n) is 5.50. The van der Waals surface area contributed by atoms with Gasteiger partial charge in [0.1, 0.15) is 17.5 Å². The molecule has 8 nitrogen and oxygen atoms in total. The van der Waals surface area contributed by atoms with E-state index in [1.165, 1.54) is 30.2 Å². The lowest BCUT2D eigenvalue weighted by Gasteiger charge is -2.30. The summed E-state index contributed by atoms with van der Waals surface area (Å²) in [6.45, 7) is 1.88. The molecule has 11 heteroatoms. The van der Waals surface area contributed by atoms with Gasteiger partial charge in [-0.3, -0.25) is 9.59 Å². The highest BCUT2D eigenvalue weighted by atomic mass is 19.1. The van der Waals surface area contributed by atoms with E-state index in [1.54, 1.807) is 19.1 Å². The summed E-state index contributed by atoms with van der Waals surface area (Å²) >= 11 is 0. The van der Waals surface area contributed by atoms with Crippen LogP contribution >= 0.6 is 0 Å². The fraction of sp³-hybridized carbons (Fsp3) is 0.483. The van der Waals surface area contributed by atoms with Gasteiger partial charge in [0, 0.05) is 17.7 Å². The molecule has 40 heavy (non-hydrogen) atoms. The topological polar surface area (TPSA) is 93.9 Å². The first kappa shape index (κ1) is 27.9. The van der Waals surface area contributed by atoms with Gasteiger partial charge in [0.05, 0.1) is 44.7 Å². The van der Waals surface area contributed by atoms with Gasteiger partial charge in [-0.15, -0.1) is 0 Å². The van der Waals surface area contributed by atoms with Crippen molar-refractivity contribution in [3.05, 3.63) is 53.1 Å². The minimum absolute atomic E-state index is 0.0104. The van der Waals surface area contributed by atoms with Gasteiger partial charge in [-0.1, -0.05) is 12.1 Å². The van der Waals surface area contributed by atoms with Crippen molar-refractivity contribution in [3.8, 4) is 0 Å². The number of benzene rings is 2. The van der Waals surface area contributed by atoms with Gasteiger partial charge >= 0.3 is 5.97 Å². The van der Waals surface area contributed by atoms with Gasteiger partial charge in [0.25, 0.3) is 6.01 Å². The number of methoxy groups -OCH3 is 1. The average Bonchev–Trinajstić information content (AvgIpc) is 3.54. The number of alkyl halides is 1. The number of amides is 1. The van der Waals surface area contributed by atoms with Gasteiger partial charge in [-0.05, 0) is 56.4 Å². The zero-order valence-electron chi connectivity index (χ0n) is 22.4. The number of likely N-dealkylation sites (tertiary alicyclic amines) is 1. The number of anilines is 2. The maximum Gasteiger partial charge on any atom is 0.308 e. The maximum absolute atomic E-state index is 15.4. The Morgan fingerprint density at radius 1 is 1.15 bits per heavy atom. The molecule has 2 aliphatic rings. The van der Waals surface area contributed by atoms with Crippen molar-refractivity contribution in [2.24, 2.45) is 5.92 Å². The molecule has 0 spiro atoms. The molecule has 2 aromatic carbocycles. The molecule has 1 aliphatic heterocycles. The van der Waals surface area contributed by atoms with Crippen molar-refractivity contribution in [2.75, 3.05) is 25.6 Å². The molecule has 0 unspecified atom stereocenters. The SMILES string of the molecule is COC(=O)[C@H]1CC[C@H](OC[C@@H]2C[C@H](F)CN2C(=O)Cc2ccc3nc(Nc4cc(F)ccc4C)oc3c2F)CC1. The third-order valence-corrected chi connectivity index (χ3v) is 7.78. The third kappa shape index (κ3) is 6.09. The molecule has 2 fully saturated rings. The average molecular weight is 560 g/mol. The molecule has 1 saturated carbocycles. The predicted octanol–water partition coefficient (Wildman–Crippen LogP) is 5.39. The molecule has 1 aromatic heterocycles. The van der Waals surface area contributed by atoms with E-state index in [4.69, 9.17) is 13.9 Å². The van der Waals surface area contributed by atoms with Crippen LogP contribution in [0.5, 0.6) is 0 Å². The largest absolute Gasteiger partial charge is 0.469 e. The second-order valence-corrected chi connectivity index (χ2v) is 10.5. The van der Waals surface area contributed by atoms with E-state index >= 15 is 4.39 Å². The summed E-state index contributed by atoms with van der Waals surface area (Å²) in [7, 11) is 1.38. The first-order valence-corrected chi connectivity index (χ1v) is 13.5. The second-order valence-electron chi connectivity index (χ2n) is 10.5. The van der Waals surface area contributed by atoms with E-state index in [2.05, 4.69) is 10.3 Å². The highest BCUT2D eigenvalue weighted by molar-refractivity contribution is 5.83. The molecule has 2 heterocycles. The Balaban J connectivity index is 1.22. The van der Waals surface area contributed by atoms with Crippen LogP contribution in [0.3, 0.4) is 0 Å². The van der Waals surface area contributed by atoms with Gasteiger partial charge in [-0.25, -0.2) is 13.2 Å². The highest BCUT2D eigenvalue weighted by Gasteiger charge is 2.37. The zero-order valence-corrected chi connectivity index (χ0v) is 22.4. The number of aryl methyl sites for hydroxylation is 1. The number of hydrogen-bond donors (Lipinski definition) is 1. The number of ether oxygens (including phenoxy) is 2. The van der Waals surface area contributed by atoms with Crippen LogP contribution in [-0.4, -0.2) is 60.3 Å². The molecule has 1 amide bonds. The molecule has 0 bridgehead atoms. The summed E-state index contributed by atoms with van der Waals surface area (Å²) in [6.07, 6.45) is 1.34. The van der Waals surface area contributed by atoms with Crippen LogP contribution in [-0.2, 0) is 25.5 Å². The summed E-state index contributed by atoms with van der Waals surface area (Å²) in [5.74, 6) is -1.92. The number of esters is 1. The van der Waals surface area contributed by atoms with Crippen LogP contribution < -0.4 is 5.32 Å². The molecule has 1 N–H and O–H groups in total. The number of carbonyl (C=O) groups excluding carboxylic acids is 2. The number of halogens is 3. The Kier molecular flexibility index (Phi) is 8.30. The molecular formula is C29H32F3N3O5. The summed E-state index contributed by atoms with van der Waals surface area (Å²) in [4.78, 5) is 30.6. The first-order chi connectivity index (χ1) is 19.2. The molecule has 214 valence electrons. The van der Waals surface area contributed by atoms with Crippen LogP contribution in [0.2, 0.25) is 0 Å². The van der Waals surface area contributed by atoms with E-state index in [-0.39, 0.29) is 66.7 Å². The molecule has 3 aromatic rings. The van der Waals surface area contributed by atoms with Crippen molar-refractivity contribution < 1.29 is 36.7 Å². The second kappa shape index (κ2) is 11.9. The Morgan fingerprint density at radius 2 is 1.93 bits per heavy atom. The Labute approximate surface area is 229 Å². The van der Waals surface area contributed by atoms with Crippen LogP contribution in [0, 0.1) is 24.5 Å². The summed E-state index contributed by atoms with van der Waals surface area (Å²) in [5, 5.41) is 2.86. The minimum atomic E-state index is -1.19. The van der Waals surface area contributed by atoms with Crippen LogP contribution in [0.15, 0.2) is 34.7 Å². The maximum atomic E-state index is 15.4. The number of aromatic nitrogens is 1. The minimum Gasteiger partial charge on any atom is -0.469 e. The number of hydrogen-bond acceptors (Lipinski definition) is 7. The summed E-state index contributed by atoms with van der Waals surface area (Å²) in [6, 6.07) is 6.75. The summed E-state index contributed by atoms with van der Waals surface area (Å²) in [5.41, 5.74) is 1.39. The Hall–Kier alpha value is -3.60. The molecule has 0 radical (unpaired) electrons. The normalized spacial score (nSPS) is 23.0. The standard InChI is InChI=1S/C29H32F3N3O5/c1-16-3-7-19(30)13-24(16)34-29-33-23-10-6-18(26(32)27(23)40-29)11-25(36)35-14-20(31)12-21(35)15-39-22-8-4-17(5-9-22)28(37)38-2/h3,6-7,10,13,17,20-22H,4-5,8-9,11-12,14-15H2,1-2H3,(H,33,34)/t17-,20-,21-,22-/m0/s1. The van der Waals surface area contributed by atoms with Crippen molar-refractivity contribution in [2.45, 2.75) is 63.8 Å². The zero-order chi connectivity index (χ0) is 28.4. The third-order valence-electron chi connectivity index (χ3n) is 7.78. The Bertz CT molecular complexity index is 1390. The van der Waals surface area contributed by atoms with Crippen molar-refractivity contribution in [3.63, 3.8) is 0 Å². The van der Waals surface area contributed by atoms with Gasteiger partial charge < -0.3 is 24.1 Å². The van der Waals surface area contributed by atoms with Gasteiger partial charge in [-0.2, -0.15) is 4.98 Å². The lowest BCUT2D eigenvalue weighted by Crippen LogP contribution is -2.40. The first-order valence-electron chi connectivity index (χ1n) is 13.5. The molecule has 2 atom stereocenters. The number of nitrogens with zero attached hydrogens (tertiary/aromatic N) is 2. The van der Waals surface area contributed by atoms with Crippen molar-refractivity contribution in [1.29, 1.82) is 0 Å². The molecule has 5 rings (SSSR count). The Morgan fingerprint density at radius 3 is 2.67 bits per heavy atom. The van der Waals surface area contributed by atoms with E-state index in [0.717, 1.165) is 5.56 Å². The van der Waals surface area contributed by atoms with Crippen molar-refractivity contribution in [1.82, 2.24) is 9.88 Å². The molecular weight excluding hydrogens is 527 g/mol.